The van der Waals surface area contributed by atoms with Crippen molar-refractivity contribution in [2.75, 3.05) is 0 Å². The summed E-state index contributed by atoms with van der Waals surface area (Å²) in [6.07, 6.45) is 13.4. The maximum atomic E-state index is 12.4. The van der Waals surface area contributed by atoms with Gasteiger partial charge in [0.1, 0.15) is 5.57 Å². The molecule has 0 aromatic carbocycles. The summed E-state index contributed by atoms with van der Waals surface area (Å²) in [5.41, 5.74) is -0.0633. The summed E-state index contributed by atoms with van der Waals surface area (Å²) in [7, 11) is 0. The molecule has 2 saturated carbocycles. The van der Waals surface area contributed by atoms with E-state index in [9.17, 15) is 14.7 Å². The SMILES string of the molecule is O=C(CCC1CCCCC1)C1=C(O)C(CC2CCCCC2)OC1=O. The minimum atomic E-state index is -0.609. The first-order valence-electron chi connectivity index (χ1n) is 9.82. The van der Waals surface area contributed by atoms with E-state index >= 15 is 0 Å². The standard InChI is InChI=1S/C20H30O4/c21-16(12-11-14-7-3-1-4-8-14)18-19(22)17(24-20(18)23)13-15-9-5-2-6-10-15/h14-15,17,22H,1-13H2. The third-order valence-corrected chi connectivity index (χ3v) is 6.07. The van der Waals surface area contributed by atoms with Crippen molar-refractivity contribution in [3.63, 3.8) is 0 Å². The molecule has 24 heavy (non-hydrogen) atoms. The van der Waals surface area contributed by atoms with Crippen LogP contribution in [-0.4, -0.2) is 23.0 Å². The smallest absolute Gasteiger partial charge is 0.346 e. The van der Waals surface area contributed by atoms with Crippen molar-refractivity contribution in [2.45, 2.75) is 89.6 Å². The number of hydrogen-bond acceptors (Lipinski definition) is 4. The predicted molar refractivity (Wildman–Crippen MR) is 91.5 cm³/mol. The van der Waals surface area contributed by atoms with Crippen LogP contribution < -0.4 is 0 Å². The van der Waals surface area contributed by atoms with E-state index in [-0.39, 0.29) is 17.1 Å². The average molecular weight is 334 g/mol. The maximum Gasteiger partial charge on any atom is 0.346 e. The molecule has 0 amide bonds. The van der Waals surface area contributed by atoms with Gasteiger partial charge in [0.2, 0.25) is 0 Å². The van der Waals surface area contributed by atoms with Crippen molar-refractivity contribution >= 4 is 11.8 Å². The Bertz CT molecular complexity index is 496. The molecule has 0 aromatic heterocycles. The van der Waals surface area contributed by atoms with E-state index in [1.165, 1.54) is 51.4 Å². The summed E-state index contributed by atoms with van der Waals surface area (Å²) in [5, 5.41) is 10.4. The van der Waals surface area contributed by atoms with E-state index in [1.807, 2.05) is 0 Å². The summed E-state index contributed by atoms with van der Waals surface area (Å²) < 4.78 is 5.32. The van der Waals surface area contributed by atoms with E-state index in [1.54, 1.807) is 0 Å². The quantitative estimate of drug-likeness (QED) is 0.568. The van der Waals surface area contributed by atoms with Gasteiger partial charge in [-0.15, -0.1) is 0 Å². The van der Waals surface area contributed by atoms with Crippen LogP contribution in [0.25, 0.3) is 0 Å². The molecular weight excluding hydrogens is 304 g/mol. The van der Waals surface area contributed by atoms with Gasteiger partial charge in [-0.25, -0.2) is 4.79 Å². The van der Waals surface area contributed by atoms with Crippen molar-refractivity contribution in [1.29, 1.82) is 0 Å². The number of rotatable bonds is 6. The Morgan fingerprint density at radius 3 is 2.17 bits per heavy atom. The number of cyclic esters (lactones) is 1. The van der Waals surface area contributed by atoms with Crippen LogP contribution in [0.3, 0.4) is 0 Å². The third-order valence-electron chi connectivity index (χ3n) is 6.07. The van der Waals surface area contributed by atoms with Gasteiger partial charge in [0.25, 0.3) is 0 Å². The predicted octanol–water partition coefficient (Wildman–Crippen LogP) is 4.62. The van der Waals surface area contributed by atoms with Crippen LogP contribution in [0.2, 0.25) is 0 Å². The molecule has 1 aliphatic heterocycles. The molecule has 1 heterocycles. The van der Waals surface area contributed by atoms with Gasteiger partial charge >= 0.3 is 5.97 Å². The first-order chi connectivity index (χ1) is 11.6. The topological polar surface area (TPSA) is 63.6 Å². The second-order valence-corrected chi connectivity index (χ2v) is 7.86. The van der Waals surface area contributed by atoms with Crippen molar-refractivity contribution in [2.24, 2.45) is 11.8 Å². The number of Topliss-reactive ketones (excluding diaryl/α,β-unsaturated/α-hetero) is 1. The Hall–Kier alpha value is -1.32. The fourth-order valence-electron chi connectivity index (χ4n) is 4.59. The van der Waals surface area contributed by atoms with E-state index in [0.29, 0.717) is 24.7 Å². The Morgan fingerprint density at radius 1 is 0.958 bits per heavy atom. The number of carbonyl (C=O) groups is 2. The summed E-state index contributed by atoms with van der Waals surface area (Å²) in [6, 6.07) is 0. The molecule has 4 heteroatoms. The summed E-state index contributed by atoms with van der Waals surface area (Å²) in [4.78, 5) is 24.5. The molecule has 0 spiro atoms. The molecule has 0 radical (unpaired) electrons. The van der Waals surface area contributed by atoms with Gasteiger partial charge in [-0.05, 0) is 24.7 Å². The molecule has 3 rings (SSSR count). The van der Waals surface area contributed by atoms with Crippen LogP contribution in [0.5, 0.6) is 0 Å². The minimum Gasteiger partial charge on any atom is -0.507 e. The van der Waals surface area contributed by atoms with E-state index < -0.39 is 12.1 Å². The third kappa shape index (κ3) is 4.20. The molecule has 0 saturated heterocycles. The van der Waals surface area contributed by atoms with E-state index in [4.69, 9.17) is 4.74 Å². The van der Waals surface area contributed by atoms with Gasteiger partial charge in [0, 0.05) is 6.42 Å². The molecule has 2 fully saturated rings. The zero-order valence-electron chi connectivity index (χ0n) is 14.6. The Labute approximate surface area is 144 Å². The summed E-state index contributed by atoms with van der Waals surface area (Å²) in [5.74, 6) is 0.159. The molecule has 3 aliphatic rings. The van der Waals surface area contributed by atoms with E-state index in [2.05, 4.69) is 0 Å². The minimum absolute atomic E-state index is 0.0633. The van der Waals surface area contributed by atoms with Gasteiger partial charge < -0.3 is 9.84 Å². The second-order valence-electron chi connectivity index (χ2n) is 7.86. The number of ketones is 1. The molecule has 134 valence electrons. The molecule has 1 atom stereocenters. The fourth-order valence-corrected chi connectivity index (χ4v) is 4.59. The monoisotopic (exact) mass is 334 g/mol. The molecule has 2 aliphatic carbocycles. The molecule has 1 N–H and O–H groups in total. The van der Waals surface area contributed by atoms with Crippen molar-refractivity contribution < 1.29 is 19.4 Å². The number of carbonyl (C=O) groups excluding carboxylic acids is 2. The largest absolute Gasteiger partial charge is 0.507 e. The Morgan fingerprint density at radius 2 is 1.54 bits per heavy atom. The number of ether oxygens (including phenoxy) is 1. The second kappa shape index (κ2) is 8.17. The lowest BCUT2D eigenvalue weighted by Gasteiger charge is -2.23. The van der Waals surface area contributed by atoms with Gasteiger partial charge in [0.15, 0.2) is 17.6 Å². The molecular formula is C20H30O4. The highest BCUT2D eigenvalue weighted by Crippen LogP contribution is 2.34. The first kappa shape index (κ1) is 17.5. The first-order valence-corrected chi connectivity index (χ1v) is 9.82. The number of hydrogen-bond donors (Lipinski definition) is 1. The molecule has 0 aromatic rings. The highest BCUT2D eigenvalue weighted by atomic mass is 16.6. The number of esters is 1. The molecule has 1 unspecified atom stereocenters. The average Bonchev–Trinajstić information content (AvgIpc) is 2.88. The van der Waals surface area contributed by atoms with Crippen LogP contribution in [0.15, 0.2) is 11.3 Å². The zero-order valence-corrected chi connectivity index (χ0v) is 14.6. The van der Waals surface area contributed by atoms with Crippen LogP contribution in [-0.2, 0) is 14.3 Å². The van der Waals surface area contributed by atoms with Crippen molar-refractivity contribution in [3.8, 4) is 0 Å². The lowest BCUT2D eigenvalue weighted by Crippen LogP contribution is -2.18. The lowest BCUT2D eigenvalue weighted by molar-refractivity contribution is -0.141. The van der Waals surface area contributed by atoms with Crippen LogP contribution >= 0.6 is 0 Å². The fraction of sp³-hybridized carbons (Fsp3) is 0.800. The van der Waals surface area contributed by atoms with Crippen LogP contribution in [0.4, 0.5) is 0 Å². The Kier molecular flexibility index (Phi) is 5.96. The van der Waals surface area contributed by atoms with Crippen molar-refractivity contribution in [3.05, 3.63) is 11.3 Å². The van der Waals surface area contributed by atoms with Crippen LogP contribution in [0.1, 0.15) is 83.5 Å². The highest BCUT2D eigenvalue weighted by Gasteiger charge is 2.39. The summed E-state index contributed by atoms with van der Waals surface area (Å²) >= 11 is 0. The number of aliphatic hydroxyl groups excluding tert-OH is 1. The van der Waals surface area contributed by atoms with Gasteiger partial charge in [-0.3, -0.25) is 4.79 Å². The maximum absolute atomic E-state index is 12.4. The number of aliphatic hydroxyl groups is 1. The Balaban J connectivity index is 1.55. The molecule has 4 nitrogen and oxygen atoms in total. The summed E-state index contributed by atoms with van der Waals surface area (Å²) in [6.45, 7) is 0. The zero-order chi connectivity index (χ0) is 16.9. The van der Waals surface area contributed by atoms with Crippen LogP contribution in [0, 0.1) is 11.8 Å². The lowest BCUT2D eigenvalue weighted by atomic mass is 9.84. The van der Waals surface area contributed by atoms with Crippen molar-refractivity contribution in [1.82, 2.24) is 0 Å². The van der Waals surface area contributed by atoms with Gasteiger partial charge in [-0.2, -0.15) is 0 Å². The van der Waals surface area contributed by atoms with Gasteiger partial charge in [0.05, 0.1) is 0 Å². The highest BCUT2D eigenvalue weighted by molar-refractivity contribution is 6.19. The normalized spacial score (nSPS) is 26.7. The van der Waals surface area contributed by atoms with E-state index in [0.717, 1.165) is 19.3 Å². The molecule has 0 bridgehead atoms. The van der Waals surface area contributed by atoms with Gasteiger partial charge in [-0.1, -0.05) is 64.2 Å².